The summed E-state index contributed by atoms with van der Waals surface area (Å²) >= 11 is 3.43. The normalized spacial score (nSPS) is 21.2. The van der Waals surface area contributed by atoms with Gasteiger partial charge in [-0.05, 0) is 30.5 Å². The molecule has 18 heavy (non-hydrogen) atoms. The zero-order valence-electron chi connectivity index (χ0n) is 10.2. The van der Waals surface area contributed by atoms with Crippen molar-refractivity contribution in [2.24, 2.45) is 5.92 Å². The third-order valence-electron chi connectivity index (χ3n) is 4.00. The minimum Gasteiger partial charge on any atom is -0.355 e. The molecule has 2 aliphatic rings. The van der Waals surface area contributed by atoms with E-state index in [0.717, 1.165) is 42.5 Å². The molecule has 0 unspecified atom stereocenters. The second kappa shape index (κ2) is 4.67. The summed E-state index contributed by atoms with van der Waals surface area (Å²) in [5.74, 6) is 0.825. The number of carbonyl (C=O) groups excluding carboxylic acids is 1. The standard InChI is InChI=1S/C14H17BrN2O/c15-12-3-1-11(2-4-12)14(5-6-14)13(18)17-9-10-7-16-8-10/h1-4,10,16H,5-9H2,(H,17,18). The third-order valence-corrected chi connectivity index (χ3v) is 4.53. The van der Waals surface area contributed by atoms with Gasteiger partial charge < -0.3 is 10.6 Å². The maximum Gasteiger partial charge on any atom is 0.230 e. The number of nitrogens with one attached hydrogen (secondary N) is 2. The van der Waals surface area contributed by atoms with Crippen LogP contribution in [0, 0.1) is 5.92 Å². The Morgan fingerprint density at radius 2 is 2.00 bits per heavy atom. The highest BCUT2D eigenvalue weighted by Gasteiger charge is 2.51. The molecule has 2 N–H and O–H groups in total. The summed E-state index contributed by atoms with van der Waals surface area (Å²) < 4.78 is 1.06. The van der Waals surface area contributed by atoms with Gasteiger partial charge in [0.2, 0.25) is 5.91 Å². The lowest BCUT2D eigenvalue weighted by Crippen LogP contribution is -2.49. The highest BCUT2D eigenvalue weighted by Crippen LogP contribution is 2.48. The topological polar surface area (TPSA) is 41.1 Å². The van der Waals surface area contributed by atoms with Crippen LogP contribution in [0.25, 0.3) is 0 Å². The highest BCUT2D eigenvalue weighted by molar-refractivity contribution is 9.10. The molecule has 1 aromatic rings. The van der Waals surface area contributed by atoms with E-state index < -0.39 is 0 Å². The Kier molecular flexibility index (Phi) is 3.16. The molecule has 0 radical (unpaired) electrons. The molecule has 1 saturated carbocycles. The van der Waals surface area contributed by atoms with Gasteiger partial charge in [-0.25, -0.2) is 0 Å². The molecule has 96 valence electrons. The van der Waals surface area contributed by atoms with Crippen LogP contribution in [0.15, 0.2) is 28.7 Å². The first-order chi connectivity index (χ1) is 8.71. The molecule has 1 saturated heterocycles. The zero-order valence-corrected chi connectivity index (χ0v) is 11.8. The number of hydrogen-bond donors (Lipinski definition) is 2. The SMILES string of the molecule is O=C(NCC1CNC1)C1(c2ccc(Br)cc2)CC1. The van der Waals surface area contributed by atoms with E-state index in [9.17, 15) is 4.79 Å². The molecular formula is C14H17BrN2O. The average molecular weight is 309 g/mol. The fourth-order valence-corrected chi connectivity index (χ4v) is 2.70. The van der Waals surface area contributed by atoms with Crippen molar-refractivity contribution in [3.8, 4) is 0 Å². The van der Waals surface area contributed by atoms with Gasteiger partial charge in [-0.3, -0.25) is 4.79 Å². The minimum absolute atomic E-state index is 0.205. The van der Waals surface area contributed by atoms with E-state index in [1.807, 2.05) is 12.1 Å². The van der Waals surface area contributed by atoms with Crippen LogP contribution >= 0.6 is 15.9 Å². The average Bonchev–Trinajstić information content (AvgIpc) is 3.09. The van der Waals surface area contributed by atoms with Gasteiger partial charge in [0.1, 0.15) is 0 Å². The molecule has 1 aliphatic carbocycles. The molecule has 0 spiro atoms. The van der Waals surface area contributed by atoms with Gasteiger partial charge in [-0.1, -0.05) is 28.1 Å². The van der Waals surface area contributed by atoms with E-state index in [0.29, 0.717) is 5.92 Å². The summed E-state index contributed by atoms with van der Waals surface area (Å²) in [7, 11) is 0. The first-order valence-electron chi connectivity index (χ1n) is 6.46. The van der Waals surface area contributed by atoms with Gasteiger partial charge in [0, 0.05) is 30.0 Å². The summed E-state index contributed by atoms with van der Waals surface area (Å²) in [5, 5.41) is 6.33. The van der Waals surface area contributed by atoms with Crippen LogP contribution < -0.4 is 10.6 Å². The molecule has 3 nitrogen and oxygen atoms in total. The van der Waals surface area contributed by atoms with E-state index in [1.54, 1.807) is 0 Å². The Hall–Kier alpha value is -0.870. The molecule has 1 amide bonds. The van der Waals surface area contributed by atoms with Crippen molar-refractivity contribution in [3.63, 3.8) is 0 Å². The van der Waals surface area contributed by atoms with Crippen LogP contribution in [0.2, 0.25) is 0 Å². The quantitative estimate of drug-likeness (QED) is 0.891. The molecular weight excluding hydrogens is 292 g/mol. The second-order valence-electron chi connectivity index (χ2n) is 5.32. The lowest BCUT2D eigenvalue weighted by molar-refractivity contribution is -0.123. The number of amides is 1. The summed E-state index contributed by atoms with van der Waals surface area (Å²) in [5.41, 5.74) is 0.910. The number of rotatable bonds is 4. The number of hydrogen-bond acceptors (Lipinski definition) is 2. The fourth-order valence-electron chi connectivity index (χ4n) is 2.44. The Morgan fingerprint density at radius 1 is 1.33 bits per heavy atom. The van der Waals surface area contributed by atoms with Crippen molar-refractivity contribution in [1.29, 1.82) is 0 Å². The minimum atomic E-state index is -0.238. The third kappa shape index (κ3) is 2.19. The van der Waals surface area contributed by atoms with Crippen molar-refractivity contribution >= 4 is 21.8 Å². The summed E-state index contributed by atoms with van der Waals surface area (Å²) in [4.78, 5) is 12.3. The van der Waals surface area contributed by atoms with Crippen LogP contribution in [-0.2, 0) is 10.2 Å². The van der Waals surface area contributed by atoms with Gasteiger partial charge in [0.15, 0.2) is 0 Å². The van der Waals surface area contributed by atoms with Gasteiger partial charge in [0.05, 0.1) is 5.41 Å². The Labute approximate surface area is 115 Å². The number of halogens is 1. The first kappa shape index (κ1) is 12.2. The smallest absolute Gasteiger partial charge is 0.230 e. The van der Waals surface area contributed by atoms with E-state index in [1.165, 1.54) is 0 Å². The van der Waals surface area contributed by atoms with Crippen LogP contribution in [0.5, 0.6) is 0 Å². The summed E-state index contributed by atoms with van der Waals surface area (Å²) in [6, 6.07) is 8.14. The second-order valence-corrected chi connectivity index (χ2v) is 6.24. The lowest BCUT2D eigenvalue weighted by Gasteiger charge is -2.28. The van der Waals surface area contributed by atoms with Crippen molar-refractivity contribution < 1.29 is 4.79 Å². The van der Waals surface area contributed by atoms with Gasteiger partial charge >= 0.3 is 0 Å². The van der Waals surface area contributed by atoms with Crippen molar-refractivity contribution in [2.45, 2.75) is 18.3 Å². The molecule has 2 fully saturated rings. The first-order valence-corrected chi connectivity index (χ1v) is 7.25. The Bertz CT molecular complexity index is 449. The summed E-state index contributed by atoms with van der Waals surface area (Å²) in [6.07, 6.45) is 1.95. The van der Waals surface area contributed by atoms with Crippen LogP contribution in [0.4, 0.5) is 0 Å². The molecule has 1 aromatic carbocycles. The molecule has 3 rings (SSSR count). The van der Waals surface area contributed by atoms with E-state index in [4.69, 9.17) is 0 Å². The molecule has 0 bridgehead atoms. The van der Waals surface area contributed by atoms with Crippen LogP contribution in [0.1, 0.15) is 18.4 Å². The molecule has 1 aliphatic heterocycles. The Balaban J connectivity index is 1.66. The van der Waals surface area contributed by atoms with E-state index >= 15 is 0 Å². The van der Waals surface area contributed by atoms with Crippen LogP contribution in [0.3, 0.4) is 0 Å². The van der Waals surface area contributed by atoms with Crippen molar-refractivity contribution in [2.75, 3.05) is 19.6 Å². The molecule has 1 heterocycles. The molecule has 0 aromatic heterocycles. The highest BCUT2D eigenvalue weighted by atomic mass is 79.9. The summed E-state index contributed by atoms with van der Waals surface area (Å²) in [6.45, 7) is 2.88. The molecule has 0 atom stereocenters. The van der Waals surface area contributed by atoms with Crippen molar-refractivity contribution in [3.05, 3.63) is 34.3 Å². The van der Waals surface area contributed by atoms with E-state index in [2.05, 4.69) is 38.7 Å². The van der Waals surface area contributed by atoms with Gasteiger partial charge in [-0.15, -0.1) is 0 Å². The zero-order chi connectivity index (χ0) is 12.6. The van der Waals surface area contributed by atoms with Crippen LogP contribution in [-0.4, -0.2) is 25.5 Å². The maximum atomic E-state index is 12.3. The molecule has 4 heteroatoms. The van der Waals surface area contributed by atoms with E-state index in [-0.39, 0.29) is 11.3 Å². The fraction of sp³-hybridized carbons (Fsp3) is 0.500. The predicted molar refractivity (Wildman–Crippen MR) is 74.4 cm³/mol. The maximum absolute atomic E-state index is 12.3. The monoisotopic (exact) mass is 308 g/mol. The number of benzene rings is 1. The lowest BCUT2D eigenvalue weighted by atomic mass is 9.94. The van der Waals surface area contributed by atoms with Gasteiger partial charge in [-0.2, -0.15) is 0 Å². The Morgan fingerprint density at radius 3 is 2.50 bits per heavy atom. The van der Waals surface area contributed by atoms with Crippen molar-refractivity contribution in [1.82, 2.24) is 10.6 Å². The predicted octanol–water partition coefficient (Wildman–Crippen LogP) is 1.82. The number of carbonyl (C=O) groups is 1. The van der Waals surface area contributed by atoms with Gasteiger partial charge in [0.25, 0.3) is 0 Å². The largest absolute Gasteiger partial charge is 0.355 e.